The second kappa shape index (κ2) is 8.56. The summed E-state index contributed by atoms with van der Waals surface area (Å²) < 4.78 is 4.92. The van der Waals surface area contributed by atoms with Crippen LogP contribution in [0.1, 0.15) is 12.0 Å². The number of hydrogen-bond donors (Lipinski definition) is 1. The van der Waals surface area contributed by atoms with Gasteiger partial charge >= 0.3 is 0 Å². The molecular formula is C13H16N2O2S. The van der Waals surface area contributed by atoms with E-state index in [0.29, 0.717) is 24.3 Å². The van der Waals surface area contributed by atoms with Crippen molar-refractivity contribution in [2.75, 3.05) is 30.5 Å². The topological polar surface area (TPSA) is 62.1 Å². The van der Waals surface area contributed by atoms with Crippen molar-refractivity contribution < 1.29 is 9.53 Å². The Balaban J connectivity index is 2.34. The van der Waals surface area contributed by atoms with E-state index in [1.807, 2.05) is 6.07 Å². The molecule has 1 N–H and O–H groups in total. The molecule has 0 heterocycles. The Kier molecular flexibility index (Phi) is 6.92. The first-order chi connectivity index (χ1) is 8.77. The summed E-state index contributed by atoms with van der Waals surface area (Å²) in [4.78, 5) is 11.6. The molecule has 5 heteroatoms. The number of nitrogens with zero attached hydrogens (tertiary/aromatic N) is 1. The molecule has 0 bridgehead atoms. The van der Waals surface area contributed by atoms with Crippen LogP contribution in [0.4, 0.5) is 5.69 Å². The van der Waals surface area contributed by atoms with E-state index in [-0.39, 0.29) is 5.91 Å². The molecule has 18 heavy (non-hydrogen) atoms. The number of methoxy groups -OCH3 is 1. The number of benzene rings is 1. The highest BCUT2D eigenvalue weighted by Crippen LogP contribution is 2.14. The zero-order valence-corrected chi connectivity index (χ0v) is 11.1. The first kappa shape index (κ1) is 14.6. The summed E-state index contributed by atoms with van der Waals surface area (Å²) in [5.74, 6) is 1.57. The molecule has 1 aromatic carbocycles. The van der Waals surface area contributed by atoms with Crippen LogP contribution in [0, 0.1) is 11.3 Å². The van der Waals surface area contributed by atoms with Crippen LogP contribution in [0.2, 0.25) is 0 Å². The van der Waals surface area contributed by atoms with Gasteiger partial charge in [-0.3, -0.25) is 4.79 Å². The van der Waals surface area contributed by atoms with E-state index >= 15 is 0 Å². The number of carbonyl (C=O) groups is 1. The van der Waals surface area contributed by atoms with Gasteiger partial charge in [0.15, 0.2) is 0 Å². The molecule has 0 radical (unpaired) electrons. The van der Waals surface area contributed by atoms with Crippen molar-refractivity contribution in [2.24, 2.45) is 0 Å². The molecule has 1 rings (SSSR count). The summed E-state index contributed by atoms with van der Waals surface area (Å²) in [5, 5.41) is 11.6. The van der Waals surface area contributed by atoms with Crippen LogP contribution in [0.15, 0.2) is 24.3 Å². The van der Waals surface area contributed by atoms with Gasteiger partial charge < -0.3 is 10.1 Å². The fraction of sp³-hybridized carbons (Fsp3) is 0.385. The first-order valence-corrected chi connectivity index (χ1v) is 6.79. The lowest BCUT2D eigenvalue weighted by atomic mass is 10.2. The molecule has 0 aliphatic heterocycles. The molecule has 0 atom stereocenters. The number of thioether (sulfide) groups is 1. The Bertz CT molecular complexity index is 429. The predicted octanol–water partition coefficient (Wildman–Crippen LogP) is 2.27. The molecule has 0 unspecified atom stereocenters. The number of anilines is 1. The van der Waals surface area contributed by atoms with Crippen LogP contribution in [-0.2, 0) is 9.53 Å². The molecule has 0 spiro atoms. The monoisotopic (exact) mass is 264 g/mol. The quantitative estimate of drug-likeness (QED) is 0.767. The Hall–Kier alpha value is -1.51. The first-order valence-electron chi connectivity index (χ1n) is 5.63. The highest BCUT2D eigenvalue weighted by Gasteiger charge is 2.05. The molecule has 0 aliphatic carbocycles. The molecule has 4 nitrogen and oxygen atoms in total. The molecule has 0 aliphatic rings. The van der Waals surface area contributed by atoms with Gasteiger partial charge in [-0.25, -0.2) is 0 Å². The minimum absolute atomic E-state index is 0.0670. The fourth-order valence-electron chi connectivity index (χ4n) is 1.31. The maximum Gasteiger partial charge on any atom is 0.225 e. The third kappa shape index (κ3) is 5.21. The van der Waals surface area contributed by atoms with Gasteiger partial charge in [-0.2, -0.15) is 17.0 Å². The average Bonchev–Trinajstić information content (AvgIpc) is 2.39. The van der Waals surface area contributed by atoms with Crippen LogP contribution < -0.4 is 5.32 Å². The average molecular weight is 264 g/mol. The molecule has 96 valence electrons. The van der Waals surface area contributed by atoms with Crippen molar-refractivity contribution in [2.45, 2.75) is 6.42 Å². The van der Waals surface area contributed by atoms with Crippen molar-refractivity contribution in [3.8, 4) is 6.07 Å². The summed E-state index contributed by atoms with van der Waals surface area (Å²) in [6.45, 7) is 0.698. The number of hydrogen-bond acceptors (Lipinski definition) is 4. The third-order valence-corrected chi connectivity index (χ3v) is 3.18. The van der Waals surface area contributed by atoms with Crippen LogP contribution >= 0.6 is 11.8 Å². The normalized spacial score (nSPS) is 9.78. The third-order valence-electron chi connectivity index (χ3n) is 2.23. The number of ether oxygens (including phenoxy) is 1. The summed E-state index contributed by atoms with van der Waals surface area (Å²) in [6, 6.07) is 9.03. The lowest BCUT2D eigenvalue weighted by molar-refractivity contribution is -0.115. The van der Waals surface area contributed by atoms with E-state index in [4.69, 9.17) is 10.00 Å². The molecule has 1 aromatic rings. The Labute approximate surface area is 111 Å². The largest absolute Gasteiger partial charge is 0.384 e. The minimum Gasteiger partial charge on any atom is -0.384 e. The lowest BCUT2D eigenvalue weighted by Crippen LogP contribution is -2.13. The van der Waals surface area contributed by atoms with Crippen molar-refractivity contribution >= 4 is 23.4 Å². The summed E-state index contributed by atoms with van der Waals surface area (Å²) in [5.41, 5.74) is 1.06. The zero-order valence-electron chi connectivity index (χ0n) is 10.3. The summed E-state index contributed by atoms with van der Waals surface area (Å²) in [6.07, 6.45) is 0.439. The van der Waals surface area contributed by atoms with E-state index in [2.05, 4.69) is 5.32 Å². The van der Waals surface area contributed by atoms with Crippen molar-refractivity contribution in [3.63, 3.8) is 0 Å². The lowest BCUT2D eigenvalue weighted by Gasteiger charge is -2.06. The highest BCUT2D eigenvalue weighted by atomic mass is 32.2. The Morgan fingerprint density at radius 1 is 1.44 bits per heavy atom. The maximum absolute atomic E-state index is 11.6. The van der Waals surface area contributed by atoms with E-state index in [1.165, 1.54) is 0 Å². The SMILES string of the molecule is COCCSCCC(=O)Nc1ccccc1C#N. The van der Waals surface area contributed by atoms with Gasteiger partial charge in [0.1, 0.15) is 6.07 Å². The molecule has 0 fully saturated rings. The van der Waals surface area contributed by atoms with E-state index in [1.54, 1.807) is 43.1 Å². The zero-order chi connectivity index (χ0) is 13.2. The second-order valence-electron chi connectivity index (χ2n) is 3.56. The Morgan fingerprint density at radius 2 is 2.22 bits per heavy atom. The number of nitriles is 1. The maximum atomic E-state index is 11.6. The number of rotatable bonds is 7. The Morgan fingerprint density at radius 3 is 2.94 bits per heavy atom. The van der Waals surface area contributed by atoms with Crippen molar-refractivity contribution in [1.29, 1.82) is 5.26 Å². The van der Waals surface area contributed by atoms with Crippen LogP contribution in [0.3, 0.4) is 0 Å². The van der Waals surface area contributed by atoms with Gasteiger partial charge in [0.2, 0.25) is 5.91 Å². The van der Waals surface area contributed by atoms with E-state index in [0.717, 1.165) is 11.5 Å². The second-order valence-corrected chi connectivity index (χ2v) is 4.79. The minimum atomic E-state index is -0.0670. The van der Waals surface area contributed by atoms with Crippen LogP contribution in [0.5, 0.6) is 0 Å². The molecule has 1 amide bonds. The number of nitrogens with one attached hydrogen (secondary N) is 1. The molecule has 0 saturated heterocycles. The standard InChI is InChI=1S/C13H16N2O2S/c1-17-7-9-18-8-6-13(16)15-12-5-3-2-4-11(12)10-14/h2-5H,6-9H2,1H3,(H,15,16). The van der Waals surface area contributed by atoms with Crippen LogP contribution in [-0.4, -0.2) is 31.1 Å². The van der Waals surface area contributed by atoms with Gasteiger partial charge in [-0.15, -0.1) is 0 Å². The summed E-state index contributed by atoms with van der Waals surface area (Å²) in [7, 11) is 1.66. The number of carbonyl (C=O) groups excluding carboxylic acids is 1. The smallest absolute Gasteiger partial charge is 0.225 e. The number of para-hydroxylation sites is 1. The molecular weight excluding hydrogens is 248 g/mol. The highest BCUT2D eigenvalue weighted by molar-refractivity contribution is 7.99. The predicted molar refractivity (Wildman–Crippen MR) is 73.6 cm³/mol. The van der Waals surface area contributed by atoms with Gasteiger partial charge in [0.25, 0.3) is 0 Å². The van der Waals surface area contributed by atoms with Gasteiger partial charge in [-0.05, 0) is 12.1 Å². The van der Waals surface area contributed by atoms with E-state index < -0.39 is 0 Å². The van der Waals surface area contributed by atoms with Crippen molar-refractivity contribution in [1.82, 2.24) is 0 Å². The van der Waals surface area contributed by atoms with Gasteiger partial charge in [0, 0.05) is 25.0 Å². The molecule has 0 saturated carbocycles. The van der Waals surface area contributed by atoms with E-state index in [9.17, 15) is 4.79 Å². The fourth-order valence-corrected chi connectivity index (χ4v) is 2.13. The molecule has 0 aromatic heterocycles. The van der Waals surface area contributed by atoms with Gasteiger partial charge in [0.05, 0.1) is 17.9 Å². The van der Waals surface area contributed by atoms with Gasteiger partial charge in [-0.1, -0.05) is 12.1 Å². The number of amides is 1. The van der Waals surface area contributed by atoms with Crippen molar-refractivity contribution in [3.05, 3.63) is 29.8 Å². The summed E-state index contributed by atoms with van der Waals surface area (Å²) >= 11 is 1.68. The van der Waals surface area contributed by atoms with Crippen LogP contribution in [0.25, 0.3) is 0 Å².